The van der Waals surface area contributed by atoms with E-state index in [1.807, 2.05) is 0 Å². The number of rotatable bonds is 5. The first-order valence-electron chi connectivity index (χ1n) is 21.1. The lowest BCUT2D eigenvalue weighted by molar-refractivity contribution is -0.144. The van der Waals surface area contributed by atoms with Crippen molar-refractivity contribution < 1.29 is 52.7 Å². The van der Waals surface area contributed by atoms with Gasteiger partial charge in [0.15, 0.2) is 5.82 Å². The monoisotopic (exact) mass is 963 g/mol. The molecule has 0 aliphatic carbocycles. The standard InChI is InChI=1S/C53H29F12N5/c1-27-15-28(2)68-49(67-27)33-22-47(69-43-9-5-3-7-38(43)40-13-11-29(20-45(40)69)31-16-34(50(54,55)56)24-35(17-31)51(57,58)59)42(26-66)48(23-33)70-44-10-6-4-8-39(44)41-14-12-30(21-46(41)70)32-18-36(52(60,61)62)25-37(19-32)53(63,64)65/h3-25H,1-2H3. The molecule has 10 aromatic rings. The number of benzene rings is 7. The van der Waals surface area contributed by atoms with E-state index >= 15 is 0 Å². The summed E-state index contributed by atoms with van der Waals surface area (Å²) in [6.45, 7) is 3.48. The van der Waals surface area contributed by atoms with Crippen LogP contribution in [0.5, 0.6) is 0 Å². The number of alkyl halides is 12. The molecule has 0 spiro atoms. The summed E-state index contributed by atoms with van der Waals surface area (Å²) in [6, 6.07) is 32.5. The number of hydrogen-bond donors (Lipinski definition) is 0. The Morgan fingerprint density at radius 1 is 0.386 bits per heavy atom. The molecule has 10 rings (SSSR count). The summed E-state index contributed by atoms with van der Waals surface area (Å²) in [7, 11) is 0. The SMILES string of the molecule is Cc1cc(C)nc(-c2cc(-n3c4ccccc4c4ccc(-c5cc(C(F)(F)F)cc(C(F)(F)F)c5)cc43)c(C#N)c(-n3c4ccccc4c4ccc(-c5cc(C(F)(F)F)cc(C(F)(F)F)c5)cc43)c2)n1. The Morgan fingerprint density at radius 2 is 0.743 bits per heavy atom. The molecule has 0 atom stereocenters. The fourth-order valence-corrected chi connectivity index (χ4v) is 9.13. The second-order valence-corrected chi connectivity index (χ2v) is 16.7. The van der Waals surface area contributed by atoms with Gasteiger partial charge in [-0.2, -0.15) is 57.9 Å². The second kappa shape index (κ2) is 16.0. The molecule has 0 saturated carbocycles. The number of hydrogen-bond acceptors (Lipinski definition) is 3. The van der Waals surface area contributed by atoms with Gasteiger partial charge < -0.3 is 9.13 Å². The Kier molecular flexibility index (Phi) is 10.4. The Morgan fingerprint density at radius 3 is 1.10 bits per heavy atom. The van der Waals surface area contributed by atoms with Crippen molar-refractivity contribution in [3.8, 4) is 51.1 Å². The summed E-state index contributed by atoms with van der Waals surface area (Å²) in [5.41, 5.74) is -3.60. The second-order valence-electron chi connectivity index (χ2n) is 16.7. The number of nitriles is 1. The minimum atomic E-state index is -5.13. The molecule has 0 N–H and O–H groups in total. The van der Waals surface area contributed by atoms with Gasteiger partial charge in [-0.1, -0.05) is 60.7 Å². The van der Waals surface area contributed by atoms with Crippen LogP contribution in [0.1, 0.15) is 39.2 Å². The van der Waals surface area contributed by atoms with Crippen molar-refractivity contribution >= 4 is 43.6 Å². The van der Waals surface area contributed by atoms with E-state index in [2.05, 4.69) is 6.07 Å². The van der Waals surface area contributed by atoms with Gasteiger partial charge in [0.2, 0.25) is 0 Å². The van der Waals surface area contributed by atoms with Crippen LogP contribution < -0.4 is 0 Å². The van der Waals surface area contributed by atoms with Gasteiger partial charge in [-0.15, -0.1) is 0 Å². The Balaban J connectivity index is 1.31. The van der Waals surface area contributed by atoms with Crippen molar-refractivity contribution in [1.82, 2.24) is 19.1 Å². The smallest absolute Gasteiger partial charge is 0.308 e. The van der Waals surface area contributed by atoms with E-state index < -0.39 is 47.0 Å². The zero-order valence-electron chi connectivity index (χ0n) is 36.1. The lowest BCUT2D eigenvalue weighted by atomic mass is 9.98. The van der Waals surface area contributed by atoms with Crippen LogP contribution in [0.4, 0.5) is 52.7 Å². The molecule has 7 aromatic carbocycles. The number of para-hydroxylation sites is 2. The molecule has 0 bridgehead atoms. The van der Waals surface area contributed by atoms with Crippen LogP contribution in [0, 0.1) is 25.2 Å². The van der Waals surface area contributed by atoms with Gasteiger partial charge in [0.1, 0.15) is 11.6 Å². The highest BCUT2D eigenvalue weighted by atomic mass is 19.4. The van der Waals surface area contributed by atoms with Crippen LogP contribution >= 0.6 is 0 Å². The van der Waals surface area contributed by atoms with Crippen molar-refractivity contribution in [2.24, 2.45) is 0 Å². The molecule has 0 aliphatic heterocycles. The molecular weight excluding hydrogens is 935 g/mol. The van der Waals surface area contributed by atoms with Gasteiger partial charge in [-0.3, -0.25) is 0 Å². The number of fused-ring (bicyclic) bond motifs is 6. The molecule has 350 valence electrons. The Bertz CT molecular complexity index is 3530. The maximum Gasteiger partial charge on any atom is 0.416 e. The third kappa shape index (κ3) is 7.92. The molecular formula is C53H29F12N5. The quantitative estimate of drug-likeness (QED) is 0.162. The molecule has 0 saturated heterocycles. The van der Waals surface area contributed by atoms with Crippen LogP contribution in [0.25, 0.3) is 88.6 Å². The number of nitrogens with zero attached hydrogens (tertiary/aromatic N) is 5. The summed E-state index contributed by atoms with van der Waals surface area (Å²) in [5.74, 6) is 0.194. The summed E-state index contributed by atoms with van der Waals surface area (Å²) in [5, 5.41) is 13.6. The molecule has 5 nitrogen and oxygen atoms in total. The highest BCUT2D eigenvalue weighted by molar-refractivity contribution is 6.12. The average molecular weight is 964 g/mol. The molecule has 17 heteroatoms. The van der Waals surface area contributed by atoms with Crippen LogP contribution in [0.15, 0.2) is 140 Å². The summed E-state index contributed by atoms with van der Waals surface area (Å²) < 4.78 is 173. The van der Waals surface area contributed by atoms with Gasteiger partial charge in [-0.05, 0) is 115 Å². The first-order valence-corrected chi connectivity index (χ1v) is 21.1. The molecule has 0 fully saturated rings. The third-order valence-corrected chi connectivity index (χ3v) is 12.1. The maximum absolute atomic E-state index is 14.1. The summed E-state index contributed by atoms with van der Waals surface area (Å²) in [6.07, 6.45) is -20.5. The molecule has 70 heavy (non-hydrogen) atoms. The fraction of sp³-hybridized carbons (Fsp3) is 0.113. The molecule has 3 aromatic heterocycles. The van der Waals surface area contributed by atoms with E-state index in [0.717, 1.165) is 0 Å². The molecule has 3 heterocycles. The van der Waals surface area contributed by atoms with Crippen molar-refractivity contribution in [3.05, 3.63) is 179 Å². The average Bonchev–Trinajstić information content (AvgIpc) is 3.81. The van der Waals surface area contributed by atoms with E-state index in [1.165, 1.54) is 24.3 Å². The maximum atomic E-state index is 14.1. The number of halogens is 12. The molecule has 0 radical (unpaired) electrons. The molecule has 0 amide bonds. The van der Waals surface area contributed by atoms with Crippen molar-refractivity contribution in [3.63, 3.8) is 0 Å². The predicted octanol–water partition coefficient (Wildman–Crippen LogP) is 16.2. The predicted molar refractivity (Wildman–Crippen MR) is 241 cm³/mol. The van der Waals surface area contributed by atoms with Gasteiger partial charge in [0.25, 0.3) is 0 Å². The van der Waals surface area contributed by atoms with Crippen LogP contribution in [-0.4, -0.2) is 19.1 Å². The van der Waals surface area contributed by atoms with E-state index in [1.54, 1.807) is 102 Å². The highest BCUT2D eigenvalue weighted by Gasteiger charge is 2.39. The van der Waals surface area contributed by atoms with Crippen molar-refractivity contribution in [1.29, 1.82) is 5.26 Å². The number of aryl methyl sites for hydroxylation is 2. The summed E-state index contributed by atoms with van der Waals surface area (Å²) >= 11 is 0. The topological polar surface area (TPSA) is 59.4 Å². The van der Waals surface area contributed by atoms with Gasteiger partial charge in [-0.25, -0.2) is 9.97 Å². The van der Waals surface area contributed by atoms with E-state index in [0.29, 0.717) is 73.8 Å². The van der Waals surface area contributed by atoms with Crippen LogP contribution in [0.3, 0.4) is 0 Å². The van der Waals surface area contributed by atoms with Crippen LogP contribution in [0.2, 0.25) is 0 Å². The first kappa shape index (κ1) is 45.6. The number of aromatic nitrogens is 4. The van der Waals surface area contributed by atoms with Gasteiger partial charge in [0.05, 0.1) is 55.7 Å². The molecule has 0 aliphatic rings. The van der Waals surface area contributed by atoms with Gasteiger partial charge >= 0.3 is 24.7 Å². The lowest BCUT2D eigenvalue weighted by Crippen LogP contribution is -2.11. The minimum absolute atomic E-state index is 0.0149. The first-order chi connectivity index (χ1) is 33.0. The fourth-order valence-electron chi connectivity index (χ4n) is 9.13. The van der Waals surface area contributed by atoms with Gasteiger partial charge in [0, 0.05) is 38.5 Å². The lowest BCUT2D eigenvalue weighted by Gasteiger charge is -2.19. The van der Waals surface area contributed by atoms with E-state index in [4.69, 9.17) is 9.97 Å². The van der Waals surface area contributed by atoms with E-state index in [9.17, 15) is 57.9 Å². The normalized spacial score (nSPS) is 12.7. The Hall–Kier alpha value is -8.13. The highest BCUT2D eigenvalue weighted by Crippen LogP contribution is 2.45. The van der Waals surface area contributed by atoms with Crippen molar-refractivity contribution in [2.75, 3.05) is 0 Å². The zero-order valence-corrected chi connectivity index (χ0v) is 36.1. The van der Waals surface area contributed by atoms with E-state index in [-0.39, 0.29) is 68.2 Å². The summed E-state index contributed by atoms with van der Waals surface area (Å²) in [4.78, 5) is 9.39. The van der Waals surface area contributed by atoms with Crippen molar-refractivity contribution in [2.45, 2.75) is 38.6 Å². The Labute approximate surface area is 388 Å². The van der Waals surface area contributed by atoms with Crippen LogP contribution in [-0.2, 0) is 24.7 Å². The minimum Gasteiger partial charge on any atom is -0.308 e. The largest absolute Gasteiger partial charge is 0.416 e. The zero-order chi connectivity index (χ0) is 49.8. The third-order valence-electron chi connectivity index (χ3n) is 12.1. The molecule has 0 unspecified atom stereocenters.